The first-order valence-corrected chi connectivity index (χ1v) is 8.66. The van der Waals surface area contributed by atoms with Crippen molar-refractivity contribution in [2.24, 2.45) is 0 Å². The molecular formula is C15H11InNO2. The van der Waals surface area contributed by atoms with E-state index in [0.717, 1.165) is 22.4 Å². The monoisotopic (exact) mass is 352 g/mol. The third kappa shape index (κ3) is 3.01. The summed E-state index contributed by atoms with van der Waals surface area (Å²) in [5.74, 6) is 1.69. The molecule has 0 aliphatic rings. The van der Waals surface area contributed by atoms with Gasteiger partial charge < -0.3 is 0 Å². The number of pyridine rings is 1. The van der Waals surface area contributed by atoms with Crippen molar-refractivity contribution in [3.8, 4) is 11.5 Å². The van der Waals surface area contributed by atoms with Crippen LogP contribution >= 0.6 is 0 Å². The maximum atomic E-state index is 5.83. The molecular weight excluding hydrogens is 341 g/mol. The van der Waals surface area contributed by atoms with Crippen LogP contribution in [0, 0.1) is 0 Å². The molecule has 0 spiro atoms. The van der Waals surface area contributed by atoms with E-state index in [0.29, 0.717) is 0 Å². The first-order valence-electron chi connectivity index (χ1n) is 5.97. The molecule has 0 unspecified atom stereocenters. The van der Waals surface area contributed by atoms with Crippen LogP contribution in [0.5, 0.6) is 11.5 Å². The van der Waals surface area contributed by atoms with Gasteiger partial charge in [0.2, 0.25) is 0 Å². The number of rotatable bonds is 4. The van der Waals surface area contributed by atoms with Gasteiger partial charge in [-0.25, -0.2) is 0 Å². The average molecular weight is 352 g/mol. The summed E-state index contributed by atoms with van der Waals surface area (Å²) >= 11 is -1.58. The van der Waals surface area contributed by atoms with Crippen LogP contribution in [0.4, 0.5) is 0 Å². The molecule has 0 fully saturated rings. The van der Waals surface area contributed by atoms with E-state index in [2.05, 4.69) is 4.98 Å². The number of hydrogen-bond donors (Lipinski definition) is 0. The van der Waals surface area contributed by atoms with E-state index in [1.165, 1.54) is 0 Å². The molecule has 0 aliphatic carbocycles. The Labute approximate surface area is 123 Å². The normalized spacial score (nSPS) is 10.1. The van der Waals surface area contributed by atoms with E-state index in [9.17, 15) is 0 Å². The van der Waals surface area contributed by atoms with Gasteiger partial charge in [-0.1, -0.05) is 0 Å². The Balaban J connectivity index is 1.72. The van der Waals surface area contributed by atoms with Gasteiger partial charge in [-0.3, -0.25) is 0 Å². The minimum absolute atomic E-state index is 0.815. The van der Waals surface area contributed by atoms with Crippen molar-refractivity contribution < 1.29 is 5.71 Å². The first-order chi connectivity index (χ1) is 9.43. The molecule has 3 nitrogen and oxygen atoms in total. The molecule has 1 radical (unpaired) electrons. The Morgan fingerprint density at radius 2 is 1.63 bits per heavy atom. The molecule has 3 aromatic rings. The zero-order valence-corrected chi connectivity index (χ0v) is 13.5. The van der Waals surface area contributed by atoms with E-state index in [1.54, 1.807) is 6.20 Å². The van der Waals surface area contributed by atoms with Crippen molar-refractivity contribution in [3.05, 3.63) is 66.9 Å². The van der Waals surface area contributed by atoms with Gasteiger partial charge in [0.05, 0.1) is 0 Å². The van der Waals surface area contributed by atoms with Crippen LogP contribution in [0.3, 0.4) is 0 Å². The van der Waals surface area contributed by atoms with Crippen LogP contribution in [0.1, 0.15) is 0 Å². The number of fused-ring (bicyclic) bond motifs is 1. The number of para-hydroxylation sites is 2. The van der Waals surface area contributed by atoms with Crippen LogP contribution < -0.4 is 5.71 Å². The van der Waals surface area contributed by atoms with Gasteiger partial charge in [-0.2, -0.15) is 0 Å². The first kappa shape index (κ1) is 12.4. The van der Waals surface area contributed by atoms with Crippen molar-refractivity contribution >= 4 is 34.7 Å². The quantitative estimate of drug-likeness (QED) is 0.723. The van der Waals surface area contributed by atoms with E-state index in [4.69, 9.17) is 5.71 Å². The molecule has 4 heteroatoms. The predicted octanol–water partition coefficient (Wildman–Crippen LogP) is 3.23. The van der Waals surface area contributed by atoms with Crippen molar-refractivity contribution in [3.63, 3.8) is 0 Å². The minimum atomic E-state index is -1.58. The van der Waals surface area contributed by atoms with E-state index in [1.807, 2.05) is 60.7 Å². The third-order valence-electron chi connectivity index (χ3n) is 2.70. The van der Waals surface area contributed by atoms with Gasteiger partial charge in [0.15, 0.2) is 0 Å². The number of benzene rings is 2. The molecule has 0 saturated carbocycles. The fourth-order valence-corrected chi connectivity index (χ4v) is 3.54. The van der Waals surface area contributed by atoms with Gasteiger partial charge in [0.1, 0.15) is 0 Å². The summed E-state index contributed by atoms with van der Waals surface area (Å²) in [6.07, 6.45) is 1.78. The maximum absolute atomic E-state index is 5.83. The van der Waals surface area contributed by atoms with Crippen molar-refractivity contribution in [2.75, 3.05) is 0 Å². The van der Waals surface area contributed by atoms with Gasteiger partial charge in [-0.05, 0) is 0 Å². The van der Waals surface area contributed by atoms with E-state index >= 15 is 0 Å². The molecule has 0 bridgehead atoms. The molecule has 2 aromatic carbocycles. The summed E-state index contributed by atoms with van der Waals surface area (Å²) in [6.45, 7) is 0. The van der Waals surface area contributed by atoms with Gasteiger partial charge in [-0.15, -0.1) is 0 Å². The molecule has 1 aromatic heterocycles. The van der Waals surface area contributed by atoms with Crippen molar-refractivity contribution in [1.29, 1.82) is 0 Å². The molecule has 0 N–H and O–H groups in total. The molecule has 91 valence electrons. The summed E-state index contributed by atoms with van der Waals surface area (Å²) < 4.78 is 11.5. The summed E-state index contributed by atoms with van der Waals surface area (Å²) in [7, 11) is 0. The Kier molecular flexibility index (Phi) is 3.89. The molecule has 0 amide bonds. The second-order valence-corrected chi connectivity index (χ2v) is 5.87. The summed E-state index contributed by atoms with van der Waals surface area (Å²) in [6, 6.07) is 19.7. The Morgan fingerprint density at radius 1 is 0.789 bits per heavy atom. The Hall–Kier alpha value is -1.68. The fraction of sp³-hybridized carbons (Fsp3) is 0. The average Bonchev–Trinajstić information content (AvgIpc) is 2.49. The molecule has 0 aliphatic heterocycles. The predicted molar refractivity (Wildman–Crippen MR) is 75.2 cm³/mol. The Bertz CT molecular complexity index is 668. The summed E-state index contributed by atoms with van der Waals surface area (Å²) in [4.78, 5) is 4.36. The number of aromatic nitrogens is 1. The van der Waals surface area contributed by atoms with Crippen LogP contribution in [0.2, 0.25) is 0 Å². The van der Waals surface area contributed by atoms with Gasteiger partial charge >= 0.3 is 124 Å². The van der Waals surface area contributed by atoms with Crippen LogP contribution in [-0.4, -0.2) is 28.8 Å². The molecule has 0 saturated heterocycles. The number of hydrogen-bond acceptors (Lipinski definition) is 3. The number of nitrogens with zero attached hydrogens (tertiary/aromatic N) is 1. The van der Waals surface area contributed by atoms with Crippen molar-refractivity contribution in [2.45, 2.75) is 0 Å². The molecule has 0 atom stereocenters. The zero-order chi connectivity index (χ0) is 12.9. The summed E-state index contributed by atoms with van der Waals surface area (Å²) in [5, 5.41) is 1.09. The second-order valence-electron chi connectivity index (χ2n) is 3.98. The molecule has 3 rings (SSSR count). The standard InChI is InChI=1S/C9H7NO.C6H6O.In/c11-8-5-1-3-7-4-2-6-10-9(7)8;7-6-4-2-1-3-5-6;/h1-6,11H;1-5,7H;/q;;+2/p-2. The molecule has 1 heterocycles. The summed E-state index contributed by atoms with van der Waals surface area (Å²) in [5.41, 5.74) is 0.896. The second kappa shape index (κ2) is 5.97. The Morgan fingerprint density at radius 3 is 2.53 bits per heavy atom. The van der Waals surface area contributed by atoms with Crippen LogP contribution in [0.25, 0.3) is 10.9 Å². The molecule has 19 heavy (non-hydrogen) atoms. The van der Waals surface area contributed by atoms with Gasteiger partial charge in [0, 0.05) is 0 Å². The fourth-order valence-electron chi connectivity index (χ4n) is 1.80. The zero-order valence-electron chi connectivity index (χ0n) is 10.2. The SMILES string of the molecule is c1ccc([O][In][O]c2cccc3cccnc23)cc1. The van der Waals surface area contributed by atoms with E-state index in [-0.39, 0.29) is 0 Å². The van der Waals surface area contributed by atoms with Crippen LogP contribution in [-0.2, 0) is 0 Å². The van der Waals surface area contributed by atoms with E-state index < -0.39 is 23.8 Å². The van der Waals surface area contributed by atoms with Gasteiger partial charge in [0.25, 0.3) is 0 Å². The van der Waals surface area contributed by atoms with Crippen molar-refractivity contribution in [1.82, 2.24) is 4.98 Å². The topological polar surface area (TPSA) is 31.4 Å². The third-order valence-corrected chi connectivity index (χ3v) is 4.75. The van der Waals surface area contributed by atoms with Crippen LogP contribution in [0.15, 0.2) is 66.9 Å².